The first-order valence-electron chi connectivity index (χ1n) is 5.05. The summed E-state index contributed by atoms with van der Waals surface area (Å²) in [7, 11) is 0. The third-order valence-electron chi connectivity index (χ3n) is 2.70. The third-order valence-corrected chi connectivity index (χ3v) is 2.70. The van der Waals surface area contributed by atoms with Crippen LogP contribution < -0.4 is 0 Å². The Hall–Kier alpha value is -1.31. The van der Waals surface area contributed by atoms with Gasteiger partial charge in [0.15, 0.2) is 0 Å². The van der Waals surface area contributed by atoms with Gasteiger partial charge in [0.1, 0.15) is 0 Å². The van der Waals surface area contributed by atoms with Gasteiger partial charge in [0, 0.05) is 17.3 Å². The molecule has 1 N–H and O–H groups in total. The molecule has 2 aromatic heterocycles. The van der Waals surface area contributed by atoms with E-state index in [1.54, 1.807) is 0 Å². The molecule has 0 saturated carbocycles. The zero-order chi connectivity index (χ0) is 10.3. The molecule has 2 heterocycles. The summed E-state index contributed by atoms with van der Waals surface area (Å²) in [6, 6.07) is 2.15. The van der Waals surface area contributed by atoms with Crippen LogP contribution in [-0.2, 0) is 0 Å². The molecular formula is C12H16N2. The van der Waals surface area contributed by atoms with Crippen LogP contribution in [0.5, 0.6) is 0 Å². The summed E-state index contributed by atoms with van der Waals surface area (Å²) in [5.74, 6) is 0.529. The number of rotatable bonds is 1. The van der Waals surface area contributed by atoms with Crippen molar-refractivity contribution in [2.45, 2.75) is 33.6 Å². The molecule has 2 heteroatoms. The Bertz CT molecular complexity index is 466. The van der Waals surface area contributed by atoms with Gasteiger partial charge in [-0.25, -0.2) is 0 Å². The maximum Gasteiger partial charge on any atom is 0.0673 e. The summed E-state index contributed by atoms with van der Waals surface area (Å²) in [6.45, 7) is 8.57. The van der Waals surface area contributed by atoms with E-state index in [4.69, 9.17) is 0 Å². The van der Waals surface area contributed by atoms with E-state index in [2.05, 4.69) is 43.7 Å². The molecule has 0 bridgehead atoms. The van der Waals surface area contributed by atoms with Gasteiger partial charge in [-0.2, -0.15) is 0 Å². The van der Waals surface area contributed by atoms with Crippen LogP contribution in [0.15, 0.2) is 12.3 Å². The molecule has 0 aliphatic rings. The second kappa shape index (κ2) is 3.12. The van der Waals surface area contributed by atoms with Gasteiger partial charge in [0.2, 0.25) is 0 Å². The van der Waals surface area contributed by atoms with Gasteiger partial charge in [-0.1, -0.05) is 13.8 Å². The molecule has 0 fully saturated rings. The lowest BCUT2D eigenvalue weighted by atomic mass is 9.97. The number of H-pyrrole nitrogens is 1. The molecule has 0 spiro atoms. The first-order chi connectivity index (χ1) is 6.61. The van der Waals surface area contributed by atoms with Crippen molar-refractivity contribution in [2.24, 2.45) is 0 Å². The summed E-state index contributed by atoms with van der Waals surface area (Å²) in [5, 5.41) is 1.32. The number of pyridine rings is 1. The van der Waals surface area contributed by atoms with Crippen LogP contribution in [0.25, 0.3) is 10.9 Å². The SMILES string of the molecule is Cc1nc(C)c2[nH]ccc2c1C(C)C. The minimum atomic E-state index is 0.529. The molecule has 0 unspecified atom stereocenters. The van der Waals surface area contributed by atoms with Crippen molar-refractivity contribution >= 4 is 10.9 Å². The van der Waals surface area contributed by atoms with Crippen LogP contribution in [0.3, 0.4) is 0 Å². The fourth-order valence-electron chi connectivity index (χ4n) is 2.18. The lowest BCUT2D eigenvalue weighted by Crippen LogP contribution is -1.98. The summed E-state index contributed by atoms with van der Waals surface area (Å²) in [6.07, 6.45) is 1.99. The first-order valence-corrected chi connectivity index (χ1v) is 5.05. The maximum atomic E-state index is 4.56. The molecule has 0 aromatic carbocycles. The number of hydrogen-bond acceptors (Lipinski definition) is 1. The molecular weight excluding hydrogens is 172 g/mol. The molecule has 0 aliphatic heterocycles. The van der Waals surface area contributed by atoms with Crippen LogP contribution in [0, 0.1) is 13.8 Å². The molecule has 0 aliphatic carbocycles. The monoisotopic (exact) mass is 188 g/mol. The molecule has 0 radical (unpaired) electrons. The molecule has 2 aromatic rings. The van der Waals surface area contributed by atoms with Crippen LogP contribution >= 0.6 is 0 Å². The third kappa shape index (κ3) is 1.22. The zero-order valence-electron chi connectivity index (χ0n) is 9.18. The van der Waals surface area contributed by atoms with E-state index in [9.17, 15) is 0 Å². The van der Waals surface area contributed by atoms with Gasteiger partial charge in [-0.05, 0) is 31.4 Å². The van der Waals surface area contributed by atoms with E-state index >= 15 is 0 Å². The number of aromatic nitrogens is 2. The van der Waals surface area contributed by atoms with Crippen molar-refractivity contribution in [3.8, 4) is 0 Å². The number of aryl methyl sites for hydroxylation is 2. The van der Waals surface area contributed by atoms with Crippen molar-refractivity contribution in [1.29, 1.82) is 0 Å². The van der Waals surface area contributed by atoms with Crippen molar-refractivity contribution < 1.29 is 0 Å². The quantitative estimate of drug-likeness (QED) is 0.730. The van der Waals surface area contributed by atoms with Gasteiger partial charge < -0.3 is 4.98 Å². The van der Waals surface area contributed by atoms with E-state index in [1.807, 2.05) is 6.20 Å². The van der Waals surface area contributed by atoms with Crippen molar-refractivity contribution in [3.05, 3.63) is 29.2 Å². The van der Waals surface area contributed by atoms with Crippen molar-refractivity contribution in [2.75, 3.05) is 0 Å². The van der Waals surface area contributed by atoms with Crippen molar-refractivity contribution in [1.82, 2.24) is 9.97 Å². The predicted molar refractivity (Wildman–Crippen MR) is 59.7 cm³/mol. The highest BCUT2D eigenvalue weighted by molar-refractivity contribution is 5.85. The fourth-order valence-corrected chi connectivity index (χ4v) is 2.18. The van der Waals surface area contributed by atoms with Crippen molar-refractivity contribution in [3.63, 3.8) is 0 Å². The summed E-state index contributed by atoms with van der Waals surface area (Å²) >= 11 is 0. The summed E-state index contributed by atoms with van der Waals surface area (Å²) < 4.78 is 0. The molecule has 2 nitrogen and oxygen atoms in total. The minimum Gasteiger partial charge on any atom is -0.360 e. The van der Waals surface area contributed by atoms with Gasteiger partial charge >= 0.3 is 0 Å². The smallest absolute Gasteiger partial charge is 0.0673 e. The summed E-state index contributed by atoms with van der Waals surface area (Å²) in [5.41, 5.74) is 4.79. The average molecular weight is 188 g/mol. The molecule has 0 amide bonds. The van der Waals surface area contributed by atoms with Crippen LogP contribution in [0.2, 0.25) is 0 Å². The molecule has 74 valence electrons. The number of hydrogen-bond donors (Lipinski definition) is 1. The highest BCUT2D eigenvalue weighted by atomic mass is 14.8. The molecule has 14 heavy (non-hydrogen) atoms. The number of fused-ring (bicyclic) bond motifs is 1. The first kappa shape index (κ1) is 9.25. The maximum absolute atomic E-state index is 4.56. The van der Waals surface area contributed by atoms with Gasteiger partial charge in [0.05, 0.1) is 11.2 Å². The Balaban J connectivity index is 2.86. The molecule has 0 saturated heterocycles. The van der Waals surface area contributed by atoms with E-state index < -0.39 is 0 Å². The van der Waals surface area contributed by atoms with Crippen LogP contribution in [0.1, 0.15) is 36.7 Å². The standard InChI is InChI=1S/C12H16N2/c1-7(2)11-8(3)14-9(4)12-10(11)5-6-13-12/h5-7,13H,1-4H3. The van der Waals surface area contributed by atoms with Gasteiger partial charge in [-0.3, -0.25) is 4.98 Å². The highest BCUT2D eigenvalue weighted by Crippen LogP contribution is 2.28. The Kier molecular flexibility index (Phi) is 2.06. The fraction of sp³-hybridized carbons (Fsp3) is 0.417. The Morgan fingerprint density at radius 2 is 1.93 bits per heavy atom. The predicted octanol–water partition coefficient (Wildman–Crippen LogP) is 3.30. The summed E-state index contributed by atoms with van der Waals surface area (Å²) in [4.78, 5) is 7.81. The Labute approximate surface area is 84.4 Å². The normalized spacial score (nSPS) is 11.5. The average Bonchev–Trinajstić information content (AvgIpc) is 2.51. The Morgan fingerprint density at radius 3 is 2.57 bits per heavy atom. The lowest BCUT2D eigenvalue weighted by molar-refractivity contribution is 0.851. The second-order valence-electron chi connectivity index (χ2n) is 4.12. The van der Waals surface area contributed by atoms with Gasteiger partial charge in [0.25, 0.3) is 0 Å². The Morgan fingerprint density at radius 1 is 1.21 bits per heavy atom. The zero-order valence-corrected chi connectivity index (χ0v) is 9.18. The topological polar surface area (TPSA) is 28.7 Å². The minimum absolute atomic E-state index is 0.529. The number of nitrogens with one attached hydrogen (secondary N) is 1. The van der Waals surface area contributed by atoms with E-state index in [1.165, 1.54) is 16.5 Å². The molecule has 0 atom stereocenters. The molecule has 2 rings (SSSR count). The number of nitrogens with zero attached hydrogens (tertiary/aromatic N) is 1. The van der Waals surface area contributed by atoms with E-state index in [0.717, 1.165) is 11.4 Å². The van der Waals surface area contributed by atoms with Crippen LogP contribution in [-0.4, -0.2) is 9.97 Å². The second-order valence-corrected chi connectivity index (χ2v) is 4.12. The van der Waals surface area contributed by atoms with Crippen LogP contribution in [0.4, 0.5) is 0 Å². The highest BCUT2D eigenvalue weighted by Gasteiger charge is 2.12. The van der Waals surface area contributed by atoms with Gasteiger partial charge in [-0.15, -0.1) is 0 Å². The largest absolute Gasteiger partial charge is 0.360 e. The van der Waals surface area contributed by atoms with E-state index in [-0.39, 0.29) is 0 Å². The lowest BCUT2D eigenvalue weighted by Gasteiger charge is -2.11. The van der Waals surface area contributed by atoms with E-state index in [0.29, 0.717) is 5.92 Å². The number of aromatic amines is 1.